The van der Waals surface area contributed by atoms with Crippen molar-refractivity contribution in [1.82, 2.24) is 14.3 Å². The molecule has 6 nitrogen and oxygen atoms in total. The molecule has 0 bridgehead atoms. The Morgan fingerprint density at radius 1 is 1.12 bits per heavy atom. The van der Waals surface area contributed by atoms with Crippen LogP contribution in [0.5, 0.6) is 11.8 Å². The summed E-state index contributed by atoms with van der Waals surface area (Å²) < 4.78 is 9.97. The highest BCUT2D eigenvalue weighted by Crippen LogP contribution is 2.29. The van der Waals surface area contributed by atoms with E-state index in [0.717, 1.165) is 56.2 Å². The van der Waals surface area contributed by atoms with E-state index in [1.807, 2.05) is 30.3 Å². The summed E-state index contributed by atoms with van der Waals surface area (Å²) in [5.41, 5.74) is 0. The summed E-state index contributed by atoms with van der Waals surface area (Å²) in [5.74, 6) is 1.07. The molecule has 0 saturated carbocycles. The van der Waals surface area contributed by atoms with Gasteiger partial charge in [-0.25, -0.2) is 0 Å². The van der Waals surface area contributed by atoms with Crippen molar-refractivity contribution < 1.29 is 9.53 Å². The summed E-state index contributed by atoms with van der Waals surface area (Å²) >= 11 is 1.37. The summed E-state index contributed by atoms with van der Waals surface area (Å²) in [6.45, 7) is 2.75. The van der Waals surface area contributed by atoms with Crippen molar-refractivity contribution in [3.05, 3.63) is 30.3 Å². The number of benzene rings is 1. The van der Waals surface area contributed by atoms with Crippen LogP contribution in [0, 0.1) is 0 Å². The zero-order chi connectivity index (χ0) is 16.4. The van der Waals surface area contributed by atoms with Crippen molar-refractivity contribution in [2.75, 3.05) is 24.5 Å². The molecule has 1 amide bonds. The molecule has 2 aromatic rings. The average molecular weight is 344 g/mol. The van der Waals surface area contributed by atoms with Gasteiger partial charge in [0.1, 0.15) is 5.75 Å². The first-order chi connectivity index (χ1) is 11.8. The summed E-state index contributed by atoms with van der Waals surface area (Å²) in [6.07, 6.45) is 3.73. The lowest BCUT2D eigenvalue weighted by molar-refractivity contribution is -0.130. The second-order valence-electron chi connectivity index (χ2n) is 6.18. The number of rotatable bonds is 4. The number of carbonyl (C=O) groups is 1. The molecule has 0 spiro atoms. The lowest BCUT2D eigenvalue weighted by Crippen LogP contribution is -2.45. The van der Waals surface area contributed by atoms with Crippen LogP contribution < -0.4 is 9.64 Å². The molecule has 4 rings (SSSR count). The van der Waals surface area contributed by atoms with E-state index in [-0.39, 0.29) is 0 Å². The van der Waals surface area contributed by atoms with E-state index in [0.29, 0.717) is 18.0 Å². The van der Waals surface area contributed by atoms with Crippen LogP contribution in [0.15, 0.2) is 30.3 Å². The standard InChI is InChI=1S/C17H20N4O2S/c22-15-7-4-10-21(15)13-8-11-20(12-9-13)17-18-16(19-24-17)23-14-5-2-1-3-6-14/h1-3,5-6,13H,4,7-12H2. The van der Waals surface area contributed by atoms with Crippen molar-refractivity contribution in [2.24, 2.45) is 0 Å². The number of amides is 1. The molecule has 2 aliphatic rings. The number of ether oxygens (including phenoxy) is 1. The van der Waals surface area contributed by atoms with Crippen molar-refractivity contribution in [3.63, 3.8) is 0 Å². The fourth-order valence-electron chi connectivity index (χ4n) is 3.39. The predicted octanol–water partition coefficient (Wildman–Crippen LogP) is 2.92. The topological polar surface area (TPSA) is 58.6 Å². The van der Waals surface area contributed by atoms with Gasteiger partial charge >= 0.3 is 6.01 Å². The second-order valence-corrected chi connectivity index (χ2v) is 6.91. The van der Waals surface area contributed by atoms with Gasteiger partial charge in [0.2, 0.25) is 11.0 Å². The van der Waals surface area contributed by atoms with E-state index in [1.165, 1.54) is 11.5 Å². The maximum Gasteiger partial charge on any atom is 0.335 e. The van der Waals surface area contributed by atoms with E-state index < -0.39 is 0 Å². The summed E-state index contributed by atoms with van der Waals surface area (Å²) in [7, 11) is 0. The molecule has 1 aromatic carbocycles. The molecule has 0 aliphatic carbocycles. The van der Waals surface area contributed by atoms with Crippen molar-refractivity contribution in [2.45, 2.75) is 31.7 Å². The third-order valence-electron chi connectivity index (χ3n) is 4.63. The molecule has 2 saturated heterocycles. The minimum Gasteiger partial charge on any atom is -0.424 e. The van der Waals surface area contributed by atoms with E-state index >= 15 is 0 Å². The number of carbonyl (C=O) groups excluding carboxylic acids is 1. The summed E-state index contributed by atoms with van der Waals surface area (Å²) in [6, 6.07) is 10.4. The van der Waals surface area contributed by atoms with Gasteiger partial charge in [-0.3, -0.25) is 4.79 Å². The highest BCUT2D eigenvalue weighted by atomic mass is 32.1. The predicted molar refractivity (Wildman–Crippen MR) is 92.6 cm³/mol. The highest BCUT2D eigenvalue weighted by molar-refractivity contribution is 7.09. The Bertz CT molecular complexity index is 698. The summed E-state index contributed by atoms with van der Waals surface area (Å²) in [4.78, 5) is 20.7. The van der Waals surface area contributed by atoms with E-state index in [4.69, 9.17) is 4.74 Å². The Kier molecular flexibility index (Phi) is 4.34. The van der Waals surface area contributed by atoms with E-state index in [1.54, 1.807) is 0 Å². The van der Waals surface area contributed by atoms with Crippen LogP contribution in [0.3, 0.4) is 0 Å². The van der Waals surface area contributed by atoms with Gasteiger partial charge in [-0.15, -0.1) is 4.37 Å². The van der Waals surface area contributed by atoms with Gasteiger partial charge in [-0.1, -0.05) is 18.2 Å². The third-order valence-corrected chi connectivity index (χ3v) is 5.40. The Morgan fingerprint density at radius 3 is 2.62 bits per heavy atom. The average Bonchev–Trinajstić information content (AvgIpc) is 3.25. The highest BCUT2D eigenvalue weighted by Gasteiger charge is 2.31. The van der Waals surface area contributed by atoms with Crippen LogP contribution >= 0.6 is 11.5 Å². The third kappa shape index (κ3) is 3.21. The maximum atomic E-state index is 11.9. The molecule has 0 radical (unpaired) electrons. The SMILES string of the molecule is O=C1CCCN1C1CCN(c2nc(Oc3ccccc3)ns2)CC1. The molecule has 2 fully saturated rings. The normalized spacial score (nSPS) is 19.1. The van der Waals surface area contributed by atoms with Crippen LogP contribution in [0.25, 0.3) is 0 Å². The molecule has 3 heterocycles. The number of piperidine rings is 1. The zero-order valence-electron chi connectivity index (χ0n) is 13.4. The Labute approximate surface area is 145 Å². The van der Waals surface area contributed by atoms with Crippen molar-refractivity contribution in [3.8, 4) is 11.8 Å². The van der Waals surface area contributed by atoms with Gasteiger partial charge in [0.25, 0.3) is 0 Å². The number of nitrogens with zero attached hydrogens (tertiary/aromatic N) is 4. The Morgan fingerprint density at radius 2 is 1.92 bits per heavy atom. The molecule has 0 atom stereocenters. The number of hydrogen-bond donors (Lipinski definition) is 0. The molecule has 0 N–H and O–H groups in total. The number of para-hydroxylation sites is 1. The van der Waals surface area contributed by atoms with Crippen molar-refractivity contribution in [1.29, 1.82) is 0 Å². The van der Waals surface area contributed by atoms with Gasteiger partial charge in [-0.05, 0) is 31.4 Å². The molecule has 126 valence electrons. The van der Waals surface area contributed by atoms with Crippen LogP contribution in [0.1, 0.15) is 25.7 Å². The van der Waals surface area contributed by atoms with Gasteiger partial charge in [-0.2, -0.15) is 4.98 Å². The van der Waals surface area contributed by atoms with E-state index in [9.17, 15) is 4.79 Å². The minimum absolute atomic E-state index is 0.322. The van der Waals surface area contributed by atoms with Gasteiger partial charge < -0.3 is 14.5 Å². The second kappa shape index (κ2) is 6.76. The fourth-order valence-corrected chi connectivity index (χ4v) is 4.05. The Balaban J connectivity index is 1.35. The number of likely N-dealkylation sites (tertiary alicyclic amines) is 1. The first-order valence-electron chi connectivity index (χ1n) is 8.40. The van der Waals surface area contributed by atoms with Crippen LogP contribution in [0.2, 0.25) is 0 Å². The smallest absolute Gasteiger partial charge is 0.335 e. The maximum absolute atomic E-state index is 11.9. The lowest BCUT2D eigenvalue weighted by Gasteiger charge is -2.36. The first-order valence-corrected chi connectivity index (χ1v) is 9.18. The lowest BCUT2D eigenvalue weighted by atomic mass is 10.0. The van der Waals surface area contributed by atoms with Crippen LogP contribution in [-0.2, 0) is 4.79 Å². The van der Waals surface area contributed by atoms with E-state index in [2.05, 4.69) is 19.2 Å². The molecule has 24 heavy (non-hydrogen) atoms. The van der Waals surface area contributed by atoms with Gasteiger partial charge in [0.05, 0.1) is 0 Å². The number of hydrogen-bond acceptors (Lipinski definition) is 6. The Hall–Kier alpha value is -2.15. The van der Waals surface area contributed by atoms with Crippen LogP contribution in [-0.4, -0.2) is 45.8 Å². The number of aromatic nitrogens is 2. The zero-order valence-corrected chi connectivity index (χ0v) is 14.2. The van der Waals surface area contributed by atoms with Crippen LogP contribution in [0.4, 0.5) is 5.13 Å². The minimum atomic E-state index is 0.322. The first kappa shape index (κ1) is 15.4. The molecule has 7 heteroatoms. The summed E-state index contributed by atoms with van der Waals surface area (Å²) in [5, 5.41) is 0.895. The number of anilines is 1. The largest absolute Gasteiger partial charge is 0.424 e. The quantitative estimate of drug-likeness (QED) is 0.853. The fraction of sp³-hybridized carbons (Fsp3) is 0.471. The van der Waals surface area contributed by atoms with Gasteiger partial charge in [0.15, 0.2) is 0 Å². The molecular weight excluding hydrogens is 324 g/mol. The molecule has 1 aromatic heterocycles. The van der Waals surface area contributed by atoms with Gasteiger partial charge in [0, 0.05) is 43.6 Å². The molecular formula is C17H20N4O2S. The monoisotopic (exact) mass is 344 g/mol. The molecule has 2 aliphatic heterocycles. The van der Waals surface area contributed by atoms with Crippen molar-refractivity contribution >= 4 is 22.6 Å². The molecule has 0 unspecified atom stereocenters.